The second-order valence-corrected chi connectivity index (χ2v) is 3.51. The number of hydrogen-bond acceptors (Lipinski definition) is 4. The molecule has 0 atom stereocenters. The Morgan fingerprint density at radius 1 is 1.69 bits per heavy atom. The number of nitro groups is 1. The van der Waals surface area contributed by atoms with E-state index in [0.29, 0.717) is 0 Å². The first kappa shape index (κ1) is 12.4. The maximum atomic E-state index is 12.4. The van der Waals surface area contributed by atoms with Gasteiger partial charge in [0.2, 0.25) is 0 Å². The van der Waals surface area contributed by atoms with Crippen molar-refractivity contribution < 1.29 is 13.7 Å². The van der Waals surface area contributed by atoms with E-state index in [0.717, 1.165) is 6.20 Å². The summed E-state index contributed by atoms with van der Waals surface area (Å²) < 4.78 is 24.5. The van der Waals surface area contributed by atoms with Crippen LogP contribution in [0.4, 0.5) is 14.5 Å². The molecule has 0 aliphatic rings. The fourth-order valence-corrected chi connectivity index (χ4v) is 1.72. The van der Waals surface area contributed by atoms with Gasteiger partial charge in [0.15, 0.2) is 0 Å². The minimum absolute atomic E-state index is 0.135. The summed E-state index contributed by atoms with van der Waals surface area (Å²) in [6.07, 6.45) is -2.34. The summed E-state index contributed by atoms with van der Waals surface area (Å²) in [7, 11) is 0. The van der Waals surface area contributed by atoms with Gasteiger partial charge in [0, 0.05) is 6.20 Å². The Kier molecular flexibility index (Phi) is 3.84. The molecule has 5 nitrogen and oxygen atoms in total. The van der Waals surface area contributed by atoms with E-state index < -0.39 is 22.6 Å². The average molecular weight is 292 g/mol. The number of alkyl halides is 2. The molecule has 16 heavy (non-hydrogen) atoms. The number of aromatic nitrogens is 1. The van der Waals surface area contributed by atoms with Crippen LogP contribution in [0.5, 0.6) is 0 Å². The normalized spacial score (nSPS) is 10.2. The van der Waals surface area contributed by atoms with Crippen LogP contribution in [0.3, 0.4) is 0 Å². The van der Waals surface area contributed by atoms with Gasteiger partial charge in [-0.25, -0.2) is 8.78 Å². The second kappa shape index (κ2) is 4.94. The molecule has 0 aromatic carbocycles. The number of hydrogen-bond donors (Lipinski definition) is 0. The molecule has 0 saturated heterocycles. The molecule has 1 rings (SSSR count). The molecule has 0 amide bonds. The van der Waals surface area contributed by atoms with E-state index in [9.17, 15) is 18.9 Å². The van der Waals surface area contributed by atoms with Crippen LogP contribution in [0.1, 0.15) is 17.7 Å². The van der Waals surface area contributed by atoms with Gasteiger partial charge < -0.3 is 0 Å². The second-order valence-electron chi connectivity index (χ2n) is 2.72. The molecule has 0 radical (unpaired) electrons. The van der Waals surface area contributed by atoms with Gasteiger partial charge in [-0.05, 0) is 15.9 Å². The van der Waals surface area contributed by atoms with Crippen molar-refractivity contribution in [1.29, 1.82) is 5.26 Å². The van der Waals surface area contributed by atoms with Gasteiger partial charge >= 0.3 is 5.69 Å². The van der Waals surface area contributed by atoms with Crippen molar-refractivity contribution in [2.45, 2.75) is 12.8 Å². The van der Waals surface area contributed by atoms with E-state index >= 15 is 0 Å². The smallest absolute Gasteiger partial charge is 0.258 e. The molecule has 0 aliphatic heterocycles. The summed E-state index contributed by atoms with van der Waals surface area (Å²) in [6, 6.07) is 1.68. The van der Waals surface area contributed by atoms with Crippen molar-refractivity contribution in [1.82, 2.24) is 4.98 Å². The van der Waals surface area contributed by atoms with E-state index in [1.54, 1.807) is 6.07 Å². The lowest BCUT2D eigenvalue weighted by Crippen LogP contribution is -2.02. The maximum Gasteiger partial charge on any atom is 0.306 e. The quantitative estimate of drug-likeness (QED) is 0.633. The first-order valence-electron chi connectivity index (χ1n) is 3.95. The van der Waals surface area contributed by atoms with Gasteiger partial charge in [-0.15, -0.1) is 0 Å². The molecule has 8 heteroatoms. The fraction of sp³-hybridized carbons (Fsp3) is 0.250. The standard InChI is InChI=1S/C8H4BrF2N3O2/c9-6-4(8(10)11)3-13-5(1-2-12)7(6)14(15)16/h3,8H,1H2. The number of nitriles is 1. The fourth-order valence-electron chi connectivity index (χ4n) is 1.07. The summed E-state index contributed by atoms with van der Waals surface area (Å²) in [4.78, 5) is 13.3. The van der Waals surface area contributed by atoms with Crippen molar-refractivity contribution >= 4 is 21.6 Å². The number of nitrogens with zero attached hydrogens (tertiary/aromatic N) is 3. The predicted molar refractivity (Wildman–Crippen MR) is 52.9 cm³/mol. The summed E-state index contributed by atoms with van der Waals surface area (Å²) in [5, 5.41) is 19.1. The zero-order valence-electron chi connectivity index (χ0n) is 7.65. The van der Waals surface area contributed by atoms with Gasteiger partial charge in [0.05, 0.1) is 23.0 Å². The zero-order valence-corrected chi connectivity index (χ0v) is 9.24. The van der Waals surface area contributed by atoms with Crippen molar-refractivity contribution in [3.63, 3.8) is 0 Å². The first-order chi connectivity index (χ1) is 7.49. The Hall–Kier alpha value is -1.62. The third-order valence-electron chi connectivity index (χ3n) is 1.76. The first-order valence-corrected chi connectivity index (χ1v) is 4.75. The van der Waals surface area contributed by atoms with Crippen LogP contribution in [0.2, 0.25) is 0 Å². The lowest BCUT2D eigenvalue weighted by molar-refractivity contribution is -0.386. The van der Waals surface area contributed by atoms with Crippen LogP contribution in [0.15, 0.2) is 10.7 Å². The minimum atomic E-state index is -2.86. The van der Waals surface area contributed by atoms with Crippen molar-refractivity contribution in [3.8, 4) is 6.07 Å². The van der Waals surface area contributed by atoms with E-state index in [-0.39, 0.29) is 16.6 Å². The Balaban J connectivity index is 3.43. The van der Waals surface area contributed by atoms with Crippen LogP contribution < -0.4 is 0 Å². The molecule has 0 fully saturated rings. The van der Waals surface area contributed by atoms with Crippen LogP contribution in [-0.4, -0.2) is 9.91 Å². The summed E-state index contributed by atoms with van der Waals surface area (Å²) >= 11 is 2.73. The lowest BCUT2D eigenvalue weighted by Gasteiger charge is -2.05. The summed E-state index contributed by atoms with van der Waals surface area (Å²) in [5.74, 6) is 0. The van der Waals surface area contributed by atoms with E-state index in [1.165, 1.54) is 0 Å². The minimum Gasteiger partial charge on any atom is -0.258 e. The largest absolute Gasteiger partial charge is 0.306 e. The third-order valence-corrected chi connectivity index (χ3v) is 2.59. The Bertz CT molecular complexity index is 473. The summed E-state index contributed by atoms with van der Waals surface area (Å²) in [5.41, 5.74) is -1.28. The van der Waals surface area contributed by atoms with Crippen molar-refractivity contribution in [2.24, 2.45) is 0 Å². The SMILES string of the molecule is N#CCc1ncc(C(F)F)c(Br)c1[N+](=O)[O-]. The number of halogens is 3. The highest BCUT2D eigenvalue weighted by atomic mass is 79.9. The van der Waals surface area contributed by atoms with Crippen LogP contribution in [-0.2, 0) is 6.42 Å². The monoisotopic (exact) mass is 291 g/mol. The molecule has 84 valence electrons. The highest BCUT2D eigenvalue weighted by molar-refractivity contribution is 9.10. The molecular weight excluding hydrogens is 288 g/mol. The van der Waals surface area contributed by atoms with E-state index in [4.69, 9.17) is 5.26 Å². The molecule has 0 aliphatic carbocycles. The lowest BCUT2D eigenvalue weighted by atomic mass is 10.2. The third kappa shape index (κ3) is 2.30. The predicted octanol–water partition coefficient (Wildman–Crippen LogP) is 2.76. The highest BCUT2D eigenvalue weighted by Crippen LogP contribution is 2.35. The van der Waals surface area contributed by atoms with Crippen LogP contribution in [0.25, 0.3) is 0 Å². The molecule has 1 heterocycles. The van der Waals surface area contributed by atoms with Crippen LogP contribution >= 0.6 is 15.9 Å². The van der Waals surface area contributed by atoms with Gasteiger partial charge in [-0.1, -0.05) is 0 Å². The molecule has 0 bridgehead atoms. The van der Waals surface area contributed by atoms with Gasteiger partial charge in [0.1, 0.15) is 10.2 Å². The molecule has 0 unspecified atom stereocenters. The zero-order chi connectivity index (χ0) is 12.3. The molecule has 0 N–H and O–H groups in total. The van der Waals surface area contributed by atoms with Gasteiger partial charge in [-0.2, -0.15) is 5.26 Å². The Morgan fingerprint density at radius 2 is 2.31 bits per heavy atom. The van der Waals surface area contributed by atoms with E-state index in [1.807, 2.05) is 0 Å². The molecular formula is C8H4BrF2N3O2. The van der Waals surface area contributed by atoms with Crippen molar-refractivity contribution in [3.05, 3.63) is 32.0 Å². The Labute approximate surface area is 97.0 Å². The topological polar surface area (TPSA) is 79.8 Å². The maximum absolute atomic E-state index is 12.4. The van der Waals surface area contributed by atoms with Gasteiger partial charge in [0.25, 0.3) is 6.43 Å². The van der Waals surface area contributed by atoms with Gasteiger partial charge in [-0.3, -0.25) is 15.1 Å². The Morgan fingerprint density at radius 3 is 2.75 bits per heavy atom. The van der Waals surface area contributed by atoms with E-state index in [2.05, 4.69) is 20.9 Å². The number of rotatable bonds is 3. The molecule has 0 saturated carbocycles. The van der Waals surface area contributed by atoms with Crippen molar-refractivity contribution in [2.75, 3.05) is 0 Å². The average Bonchev–Trinajstić information content (AvgIpc) is 2.17. The molecule has 1 aromatic rings. The molecule has 1 aromatic heterocycles. The molecule has 0 spiro atoms. The number of pyridine rings is 1. The highest BCUT2D eigenvalue weighted by Gasteiger charge is 2.26. The summed E-state index contributed by atoms with van der Waals surface area (Å²) in [6.45, 7) is 0. The van der Waals surface area contributed by atoms with Crippen LogP contribution in [0, 0.1) is 21.4 Å².